The lowest BCUT2D eigenvalue weighted by molar-refractivity contribution is -0.120. The number of nitrogens with zero attached hydrogens (tertiary/aromatic N) is 2. The van der Waals surface area contributed by atoms with Crippen LogP contribution in [-0.2, 0) is 14.8 Å². The summed E-state index contributed by atoms with van der Waals surface area (Å²) in [5.41, 5.74) is 2.33. The summed E-state index contributed by atoms with van der Waals surface area (Å²) in [6.45, 7) is 6.29. The number of anilines is 1. The predicted octanol–water partition coefficient (Wildman–Crippen LogP) is 1.58. The number of rotatable bonds is 7. The molecular weight excluding hydrogens is 362 g/mol. The summed E-state index contributed by atoms with van der Waals surface area (Å²) >= 11 is 5.65. The molecule has 1 aromatic rings. The highest BCUT2D eigenvalue weighted by atomic mass is 35.5. The van der Waals surface area contributed by atoms with Gasteiger partial charge in [-0.3, -0.25) is 4.79 Å². The maximum Gasteiger partial charge on any atom is 0.237 e. The van der Waals surface area contributed by atoms with Crippen molar-refractivity contribution in [2.45, 2.75) is 25.6 Å². The van der Waals surface area contributed by atoms with Gasteiger partial charge in [0.05, 0.1) is 5.75 Å². The Hall–Kier alpha value is -1.31. The summed E-state index contributed by atoms with van der Waals surface area (Å²) in [6, 6.07) is 8.24. The summed E-state index contributed by atoms with van der Waals surface area (Å²) in [7, 11) is -3.29. The number of amides is 1. The number of benzene rings is 1. The van der Waals surface area contributed by atoms with Crippen LogP contribution in [0.25, 0.3) is 0 Å². The second-order valence-electron chi connectivity index (χ2n) is 6.30. The lowest BCUT2D eigenvalue weighted by atomic mass is 10.2. The van der Waals surface area contributed by atoms with Crippen molar-refractivity contribution >= 4 is 33.2 Å². The molecular formula is C17H26ClN3O3S. The fraction of sp³-hybridized carbons (Fsp3) is 0.588. The lowest BCUT2D eigenvalue weighted by Crippen LogP contribution is -2.49. The molecule has 0 radical (unpaired) electrons. The summed E-state index contributed by atoms with van der Waals surface area (Å²) in [4.78, 5) is 13.6. The predicted molar refractivity (Wildman–Crippen MR) is 102 cm³/mol. The van der Waals surface area contributed by atoms with Gasteiger partial charge in [0.25, 0.3) is 0 Å². The van der Waals surface area contributed by atoms with Crippen LogP contribution < -0.4 is 10.2 Å². The Bertz CT molecular complexity index is 686. The molecule has 0 aliphatic carbocycles. The lowest BCUT2D eigenvalue weighted by Gasteiger charge is -2.35. The number of sulfonamides is 1. The largest absolute Gasteiger partial charge is 0.369 e. The Morgan fingerprint density at radius 3 is 2.56 bits per heavy atom. The molecule has 1 amide bonds. The summed E-state index contributed by atoms with van der Waals surface area (Å²) in [6.07, 6.45) is 0.385. The topological polar surface area (TPSA) is 69.7 Å². The third-order valence-corrected chi connectivity index (χ3v) is 6.39. The highest BCUT2D eigenvalue weighted by Gasteiger charge is 2.26. The van der Waals surface area contributed by atoms with Gasteiger partial charge in [0.15, 0.2) is 0 Å². The molecule has 1 aromatic carbocycles. The van der Waals surface area contributed by atoms with Crippen molar-refractivity contribution in [3.05, 3.63) is 29.8 Å². The van der Waals surface area contributed by atoms with Crippen molar-refractivity contribution < 1.29 is 13.2 Å². The fourth-order valence-corrected chi connectivity index (χ4v) is 4.35. The monoisotopic (exact) mass is 387 g/mol. The van der Waals surface area contributed by atoms with E-state index in [0.29, 0.717) is 39.1 Å². The summed E-state index contributed by atoms with van der Waals surface area (Å²) in [5.74, 6) is -0.236. The van der Waals surface area contributed by atoms with Crippen LogP contribution >= 0.6 is 11.6 Å². The van der Waals surface area contributed by atoms with Crippen LogP contribution in [0.3, 0.4) is 0 Å². The maximum atomic E-state index is 12.4. The Morgan fingerprint density at radius 2 is 1.96 bits per heavy atom. The zero-order valence-corrected chi connectivity index (χ0v) is 16.3. The number of carbonyl (C=O) groups is 1. The molecule has 0 aromatic heterocycles. The van der Waals surface area contributed by atoms with Crippen LogP contribution in [0.5, 0.6) is 0 Å². The van der Waals surface area contributed by atoms with E-state index in [1.54, 1.807) is 11.2 Å². The molecule has 140 valence electrons. The minimum absolute atomic E-state index is 0.0361. The average molecular weight is 388 g/mol. The van der Waals surface area contributed by atoms with Crippen molar-refractivity contribution in [3.8, 4) is 0 Å². The van der Waals surface area contributed by atoms with Gasteiger partial charge in [0.2, 0.25) is 15.9 Å². The minimum Gasteiger partial charge on any atom is -0.369 e. The molecule has 6 nitrogen and oxygen atoms in total. The number of nitrogens with one attached hydrogen (secondary N) is 1. The number of hydrogen-bond acceptors (Lipinski definition) is 4. The molecule has 1 aliphatic heterocycles. The van der Waals surface area contributed by atoms with Gasteiger partial charge in [0.1, 0.15) is 5.38 Å². The number of piperazine rings is 1. The number of carbonyl (C=O) groups excluding carboxylic acids is 1. The van der Waals surface area contributed by atoms with E-state index in [1.165, 1.54) is 5.56 Å². The van der Waals surface area contributed by atoms with Crippen LogP contribution in [0.2, 0.25) is 0 Å². The standard InChI is InChI=1S/C17H26ClN3O3S/c1-14-5-3-6-16(13-14)20-8-10-21(11-9-20)25(23,24)12-4-7-19-17(22)15(2)18/h3,5-6,13,15H,4,7-12H2,1-2H3,(H,19,22). The van der Waals surface area contributed by atoms with Crippen LogP contribution in [0.15, 0.2) is 24.3 Å². The number of halogens is 1. The van der Waals surface area contributed by atoms with Crippen LogP contribution in [0.4, 0.5) is 5.69 Å². The first kappa shape index (κ1) is 20.0. The van der Waals surface area contributed by atoms with Crippen LogP contribution in [0, 0.1) is 6.92 Å². The normalized spacial score (nSPS) is 17.3. The quantitative estimate of drug-likeness (QED) is 0.569. The van der Waals surface area contributed by atoms with Gasteiger partial charge in [-0.25, -0.2) is 8.42 Å². The van der Waals surface area contributed by atoms with Crippen molar-refractivity contribution in [2.24, 2.45) is 0 Å². The third kappa shape index (κ3) is 5.87. The molecule has 25 heavy (non-hydrogen) atoms. The van der Waals surface area contributed by atoms with E-state index >= 15 is 0 Å². The zero-order valence-electron chi connectivity index (χ0n) is 14.7. The number of hydrogen-bond donors (Lipinski definition) is 1. The van der Waals surface area contributed by atoms with Crippen molar-refractivity contribution in [1.82, 2.24) is 9.62 Å². The Kier molecular flexibility index (Phi) is 7.10. The van der Waals surface area contributed by atoms with Gasteiger partial charge in [-0.05, 0) is 38.0 Å². The Labute approximate surface area is 155 Å². The first-order valence-electron chi connectivity index (χ1n) is 8.51. The summed E-state index contributed by atoms with van der Waals surface area (Å²) < 4.78 is 26.4. The smallest absolute Gasteiger partial charge is 0.237 e. The molecule has 1 unspecified atom stereocenters. The molecule has 1 aliphatic rings. The second kappa shape index (κ2) is 8.87. The Morgan fingerprint density at radius 1 is 1.28 bits per heavy atom. The van der Waals surface area contributed by atoms with Gasteiger partial charge >= 0.3 is 0 Å². The van der Waals surface area contributed by atoms with E-state index in [0.717, 1.165) is 5.69 Å². The molecule has 0 spiro atoms. The Balaban J connectivity index is 1.79. The van der Waals surface area contributed by atoms with Gasteiger partial charge in [-0.2, -0.15) is 4.31 Å². The SMILES string of the molecule is Cc1cccc(N2CCN(S(=O)(=O)CCCNC(=O)C(C)Cl)CC2)c1. The first-order chi connectivity index (χ1) is 11.8. The van der Waals surface area contributed by atoms with Crippen LogP contribution in [0.1, 0.15) is 18.9 Å². The van der Waals surface area contributed by atoms with Gasteiger partial charge in [0, 0.05) is 38.4 Å². The maximum absolute atomic E-state index is 12.4. The zero-order chi connectivity index (χ0) is 18.4. The molecule has 1 N–H and O–H groups in total. The van der Waals surface area contributed by atoms with Gasteiger partial charge in [-0.1, -0.05) is 12.1 Å². The third-order valence-electron chi connectivity index (χ3n) is 4.24. The van der Waals surface area contributed by atoms with Gasteiger partial charge in [-0.15, -0.1) is 11.6 Å². The van der Waals surface area contributed by atoms with Crippen LogP contribution in [-0.4, -0.2) is 62.5 Å². The van der Waals surface area contributed by atoms with E-state index in [1.807, 2.05) is 19.1 Å². The van der Waals surface area contributed by atoms with E-state index in [4.69, 9.17) is 11.6 Å². The molecule has 2 rings (SSSR count). The number of alkyl halides is 1. The molecule has 0 saturated carbocycles. The minimum atomic E-state index is -3.29. The average Bonchev–Trinajstić information content (AvgIpc) is 2.58. The van der Waals surface area contributed by atoms with Crippen molar-refractivity contribution in [3.63, 3.8) is 0 Å². The van der Waals surface area contributed by atoms with Crippen molar-refractivity contribution in [1.29, 1.82) is 0 Å². The van der Waals surface area contributed by atoms with Crippen molar-refractivity contribution in [2.75, 3.05) is 43.4 Å². The van der Waals surface area contributed by atoms with Gasteiger partial charge < -0.3 is 10.2 Å². The molecule has 1 atom stereocenters. The van der Waals surface area contributed by atoms with E-state index in [-0.39, 0.29) is 11.7 Å². The fourth-order valence-electron chi connectivity index (χ4n) is 2.79. The van der Waals surface area contributed by atoms with E-state index in [2.05, 4.69) is 22.3 Å². The first-order valence-corrected chi connectivity index (χ1v) is 10.6. The molecule has 1 heterocycles. The molecule has 1 fully saturated rings. The second-order valence-corrected chi connectivity index (χ2v) is 9.04. The van der Waals surface area contributed by atoms with E-state index < -0.39 is 15.4 Å². The highest BCUT2D eigenvalue weighted by molar-refractivity contribution is 7.89. The molecule has 8 heteroatoms. The highest BCUT2D eigenvalue weighted by Crippen LogP contribution is 2.19. The molecule has 1 saturated heterocycles. The summed E-state index contributed by atoms with van der Waals surface area (Å²) in [5, 5.41) is 2.02. The molecule has 0 bridgehead atoms. The number of aryl methyl sites for hydroxylation is 1. The van der Waals surface area contributed by atoms with E-state index in [9.17, 15) is 13.2 Å².